The van der Waals surface area contributed by atoms with Crippen LogP contribution >= 0.6 is 11.3 Å². The summed E-state index contributed by atoms with van der Waals surface area (Å²) in [4.78, 5) is 11.7. The Hall–Kier alpha value is -1.29. The van der Waals surface area contributed by atoms with Crippen LogP contribution in [0.5, 0.6) is 0 Å². The van der Waals surface area contributed by atoms with Crippen molar-refractivity contribution in [3.8, 4) is 11.4 Å². The van der Waals surface area contributed by atoms with E-state index >= 15 is 0 Å². The molecule has 0 saturated heterocycles. The van der Waals surface area contributed by atoms with Gasteiger partial charge in [0.25, 0.3) is 0 Å². The summed E-state index contributed by atoms with van der Waals surface area (Å²) in [7, 11) is 0. The highest BCUT2D eigenvalue weighted by Gasteiger charge is 1.98. The van der Waals surface area contributed by atoms with Crippen LogP contribution in [0.15, 0.2) is 23.2 Å². The number of hydrogen-bond acceptors (Lipinski definition) is 4. The summed E-state index contributed by atoms with van der Waals surface area (Å²) in [6, 6.07) is 1.81. The van der Waals surface area contributed by atoms with Gasteiger partial charge in [0, 0.05) is 11.6 Å². The van der Waals surface area contributed by atoms with Crippen LogP contribution in [0, 0.1) is 6.33 Å². The molecule has 0 aliphatic rings. The van der Waals surface area contributed by atoms with Crippen molar-refractivity contribution in [3.05, 3.63) is 29.5 Å². The lowest BCUT2D eigenvalue weighted by molar-refractivity contribution is 1.14. The van der Waals surface area contributed by atoms with E-state index in [9.17, 15) is 0 Å². The van der Waals surface area contributed by atoms with Crippen molar-refractivity contribution in [2.75, 3.05) is 0 Å². The molecule has 2 heterocycles. The number of aromatic nitrogens is 3. The molecule has 0 aromatic carbocycles. The molecule has 0 saturated carbocycles. The number of thiazole rings is 1. The maximum Gasteiger partial charge on any atom is 0.198 e. The van der Waals surface area contributed by atoms with Gasteiger partial charge in [0.05, 0.1) is 16.9 Å². The zero-order valence-electron chi connectivity index (χ0n) is 5.56. The Kier molecular flexibility index (Phi) is 1.61. The molecule has 0 aliphatic carbocycles. The zero-order valence-corrected chi connectivity index (χ0v) is 6.38. The minimum atomic E-state index is 0.821. The van der Waals surface area contributed by atoms with Crippen molar-refractivity contribution in [1.29, 1.82) is 0 Å². The van der Waals surface area contributed by atoms with Gasteiger partial charge in [-0.25, -0.2) is 15.0 Å². The number of rotatable bonds is 1. The molecule has 0 unspecified atom stereocenters. The largest absolute Gasteiger partial charge is 0.243 e. The molecule has 53 valence electrons. The quantitative estimate of drug-likeness (QED) is 0.636. The summed E-state index contributed by atoms with van der Waals surface area (Å²) >= 11 is 1.55. The van der Waals surface area contributed by atoms with E-state index in [0.29, 0.717) is 0 Å². The highest BCUT2D eigenvalue weighted by atomic mass is 32.1. The Morgan fingerprint density at radius 1 is 1.36 bits per heavy atom. The predicted molar refractivity (Wildman–Crippen MR) is 42.0 cm³/mol. The van der Waals surface area contributed by atoms with Crippen molar-refractivity contribution in [2.45, 2.75) is 0 Å². The van der Waals surface area contributed by atoms with Crippen molar-refractivity contribution in [3.63, 3.8) is 0 Å². The summed E-state index contributed by atoms with van der Waals surface area (Å²) in [5, 5.41) is 1.94. The normalized spacial score (nSPS) is 9.82. The van der Waals surface area contributed by atoms with Gasteiger partial charge in [-0.05, 0) is 6.07 Å². The van der Waals surface area contributed by atoms with Crippen molar-refractivity contribution in [2.24, 2.45) is 0 Å². The van der Waals surface area contributed by atoms with Crippen LogP contribution in [0.3, 0.4) is 0 Å². The first-order valence-corrected chi connectivity index (χ1v) is 3.99. The summed E-state index contributed by atoms with van der Waals surface area (Å²) in [5.41, 5.74) is 3.48. The Morgan fingerprint density at radius 3 is 3.00 bits per heavy atom. The number of nitrogens with zero attached hydrogens (tertiary/aromatic N) is 3. The molecule has 0 amide bonds. The molecular weight excluding hydrogens is 158 g/mol. The maximum absolute atomic E-state index is 4.09. The third-order valence-electron chi connectivity index (χ3n) is 1.23. The molecule has 0 bridgehead atoms. The summed E-state index contributed by atoms with van der Waals surface area (Å²) in [6.07, 6.45) is 4.17. The van der Waals surface area contributed by atoms with E-state index in [4.69, 9.17) is 0 Å². The molecule has 2 rings (SSSR count). The molecule has 2 aromatic heterocycles. The Labute approximate surface area is 67.8 Å². The summed E-state index contributed by atoms with van der Waals surface area (Å²) < 4.78 is 0. The molecule has 1 radical (unpaired) electrons. The SMILES string of the molecule is [c]1nccc(-c2cscn2)n1. The highest BCUT2D eigenvalue weighted by molar-refractivity contribution is 7.07. The van der Waals surface area contributed by atoms with E-state index in [2.05, 4.69) is 21.3 Å². The van der Waals surface area contributed by atoms with Crippen LogP contribution in [-0.2, 0) is 0 Å². The first-order chi connectivity index (χ1) is 5.47. The fourth-order valence-corrected chi connectivity index (χ4v) is 1.29. The van der Waals surface area contributed by atoms with Gasteiger partial charge >= 0.3 is 0 Å². The van der Waals surface area contributed by atoms with Gasteiger partial charge in [-0.1, -0.05) is 0 Å². The molecule has 0 fully saturated rings. The zero-order chi connectivity index (χ0) is 7.52. The Balaban J connectivity index is 2.46. The standard InChI is InChI=1S/C7H4N3S/c1-2-8-4-9-6(1)7-3-11-5-10-7/h1-3,5H. The second kappa shape index (κ2) is 2.75. The molecule has 11 heavy (non-hydrogen) atoms. The lowest BCUT2D eigenvalue weighted by Gasteiger charge is -1.89. The monoisotopic (exact) mass is 162 g/mol. The third-order valence-corrected chi connectivity index (χ3v) is 1.82. The number of hydrogen-bond donors (Lipinski definition) is 0. The second-order valence-corrected chi connectivity index (χ2v) is 2.63. The molecule has 0 N–H and O–H groups in total. The van der Waals surface area contributed by atoms with Crippen molar-refractivity contribution < 1.29 is 0 Å². The fraction of sp³-hybridized carbons (Fsp3) is 0. The van der Waals surface area contributed by atoms with Gasteiger partial charge in [-0.2, -0.15) is 0 Å². The third kappa shape index (κ3) is 1.25. The topological polar surface area (TPSA) is 38.7 Å². The van der Waals surface area contributed by atoms with E-state index in [1.807, 2.05) is 11.4 Å². The molecule has 4 heteroatoms. The molecule has 0 spiro atoms. The smallest absolute Gasteiger partial charge is 0.198 e. The van der Waals surface area contributed by atoms with Gasteiger partial charge in [0.2, 0.25) is 0 Å². The minimum absolute atomic E-state index is 0.821. The molecule has 3 nitrogen and oxygen atoms in total. The van der Waals surface area contributed by atoms with Crippen molar-refractivity contribution >= 4 is 11.3 Å². The molecular formula is C7H4N3S. The Bertz CT molecular complexity index is 317. The maximum atomic E-state index is 4.09. The summed E-state index contributed by atoms with van der Waals surface area (Å²) in [6.45, 7) is 0. The Morgan fingerprint density at radius 2 is 2.36 bits per heavy atom. The first kappa shape index (κ1) is 6.42. The minimum Gasteiger partial charge on any atom is -0.243 e. The van der Waals surface area contributed by atoms with E-state index in [1.54, 1.807) is 23.0 Å². The average Bonchev–Trinajstić information content (AvgIpc) is 2.58. The van der Waals surface area contributed by atoms with Crippen molar-refractivity contribution in [1.82, 2.24) is 15.0 Å². The van der Waals surface area contributed by atoms with Gasteiger partial charge in [0.15, 0.2) is 6.33 Å². The van der Waals surface area contributed by atoms with Crippen LogP contribution in [0.2, 0.25) is 0 Å². The summed E-state index contributed by atoms with van der Waals surface area (Å²) in [5.74, 6) is 0. The predicted octanol–water partition coefficient (Wildman–Crippen LogP) is 1.40. The van der Waals surface area contributed by atoms with Crippen LogP contribution in [0.4, 0.5) is 0 Å². The van der Waals surface area contributed by atoms with E-state index in [1.165, 1.54) is 0 Å². The molecule has 0 aliphatic heterocycles. The van der Waals surface area contributed by atoms with E-state index in [-0.39, 0.29) is 0 Å². The average molecular weight is 162 g/mol. The lowest BCUT2D eigenvalue weighted by atomic mass is 10.3. The van der Waals surface area contributed by atoms with Gasteiger partial charge in [-0.15, -0.1) is 11.3 Å². The van der Waals surface area contributed by atoms with Crippen LogP contribution in [0.1, 0.15) is 0 Å². The van der Waals surface area contributed by atoms with Gasteiger partial charge in [-0.3, -0.25) is 0 Å². The lowest BCUT2D eigenvalue weighted by Crippen LogP contribution is -1.82. The second-order valence-electron chi connectivity index (χ2n) is 1.92. The van der Waals surface area contributed by atoms with Crippen LogP contribution < -0.4 is 0 Å². The van der Waals surface area contributed by atoms with Gasteiger partial charge in [0.1, 0.15) is 0 Å². The highest BCUT2D eigenvalue weighted by Crippen LogP contribution is 2.14. The molecule has 2 aromatic rings. The van der Waals surface area contributed by atoms with Gasteiger partial charge < -0.3 is 0 Å². The van der Waals surface area contributed by atoms with Crippen LogP contribution in [-0.4, -0.2) is 15.0 Å². The fourth-order valence-electron chi connectivity index (χ4n) is 0.743. The molecule has 0 atom stereocenters. The van der Waals surface area contributed by atoms with E-state index in [0.717, 1.165) is 11.4 Å². The van der Waals surface area contributed by atoms with E-state index < -0.39 is 0 Å². The first-order valence-electron chi connectivity index (χ1n) is 3.04. The van der Waals surface area contributed by atoms with Crippen LogP contribution in [0.25, 0.3) is 11.4 Å².